The quantitative estimate of drug-likeness (QED) is 0.643. The molecule has 1 atom stereocenters. The van der Waals surface area contributed by atoms with Crippen LogP contribution < -0.4 is 0 Å². The lowest BCUT2D eigenvalue weighted by Crippen LogP contribution is -2.18. The second kappa shape index (κ2) is 4.20. The van der Waals surface area contributed by atoms with Crippen LogP contribution in [0.1, 0.15) is 25.7 Å². The molecule has 2 aliphatic rings. The van der Waals surface area contributed by atoms with Crippen molar-refractivity contribution in [3.63, 3.8) is 0 Å². The number of carbonyl (C=O) groups is 1. The fourth-order valence-electron chi connectivity index (χ4n) is 1.59. The zero-order valence-corrected chi connectivity index (χ0v) is 7.83. The summed E-state index contributed by atoms with van der Waals surface area (Å²) in [7, 11) is 0. The van der Waals surface area contributed by atoms with E-state index in [9.17, 15) is 4.79 Å². The van der Waals surface area contributed by atoms with Gasteiger partial charge in [0.1, 0.15) is 6.61 Å². The van der Waals surface area contributed by atoms with E-state index in [2.05, 4.69) is 0 Å². The minimum atomic E-state index is 0.243. The lowest BCUT2D eigenvalue weighted by atomic mass is 10.2. The Bertz CT molecular complexity index is 181. The van der Waals surface area contributed by atoms with Gasteiger partial charge in [0.2, 0.25) is 0 Å². The molecule has 2 fully saturated rings. The molecule has 0 radical (unpaired) electrons. The van der Waals surface area contributed by atoms with Crippen molar-refractivity contribution in [1.82, 2.24) is 0 Å². The number of Topliss-reactive ketones (excluding diaryl/α,β-unsaturated/α-hetero) is 1. The van der Waals surface area contributed by atoms with Crippen LogP contribution in [0.25, 0.3) is 0 Å². The standard InChI is InChI=1S/C10H16O3/c11-10(8-3-4-8)7-12-6-9-2-1-5-13-9/h8-9H,1-7H2. The lowest BCUT2D eigenvalue weighted by Gasteiger charge is -2.08. The molecule has 1 aliphatic heterocycles. The Morgan fingerprint density at radius 1 is 1.38 bits per heavy atom. The van der Waals surface area contributed by atoms with Crippen molar-refractivity contribution in [3.05, 3.63) is 0 Å². The average Bonchev–Trinajstić information content (AvgIpc) is 2.86. The summed E-state index contributed by atoms with van der Waals surface area (Å²) < 4.78 is 10.7. The van der Waals surface area contributed by atoms with Gasteiger partial charge in [-0.05, 0) is 25.7 Å². The second-order valence-corrected chi connectivity index (χ2v) is 3.89. The van der Waals surface area contributed by atoms with Gasteiger partial charge in [0.05, 0.1) is 12.7 Å². The number of ketones is 1. The van der Waals surface area contributed by atoms with Crippen molar-refractivity contribution in [2.75, 3.05) is 19.8 Å². The van der Waals surface area contributed by atoms with Crippen molar-refractivity contribution in [2.45, 2.75) is 31.8 Å². The third-order valence-electron chi connectivity index (χ3n) is 2.60. The first-order valence-electron chi connectivity index (χ1n) is 5.08. The molecule has 0 spiro atoms. The zero-order valence-electron chi connectivity index (χ0n) is 7.83. The third kappa shape index (κ3) is 2.78. The van der Waals surface area contributed by atoms with Gasteiger partial charge < -0.3 is 9.47 Å². The topological polar surface area (TPSA) is 35.5 Å². The number of carbonyl (C=O) groups excluding carboxylic acids is 1. The van der Waals surface area contributed by atoms with Gasteiger partial charge in [0.15, 0.2) is 5.78 Å². The Morgan fingerprint density at radius 3 is 2.85 bits per heavy atom. The minimum absolute atomic E-state index is 0.243. The number of hydrogen-bond donors (Lipinski definition) is 0. The maximum absolute atomic E-state index is 11.2. The zero-order chi connectivity index (χ0) is 9.10. The fraction of sp³-hybridized carbons (Fsp3) is 0.900. The summed E-state index contributed by atoms with van der Waals surface area (Å²) in [4.78, 5) is 11.2. The summed E-state index contributed by atoms with van der Waals surface area (Å²) in [6.45, 7) is 1.74. The molecule has 1 saturated heterocycles. The molecule has 3 heteroatoms. The maximum atomic E-state index is 11.2. The van der Waals surface area contributed by atoms with Crippen molar-refractivity contribution in [2.24, 2.45) is 5.92 Å². The molecule has 74 valence electrons. The highest BCUT2D eigenvalue weighted by Crippen LogP contribution is 2.29. The molecule has 1 aliphatic carbocycles. The van der Waals surface area contributed by atoms with Crippen LogP contribution in [0.5, 0.6) is 0 Å². The molecule has 0 N–H and O–H groups in total. The van der Waals surface area contributed by atoms with E-state index in [-0.39, 0.29) is 11.9 Å². The van der Waals surface area contributed by atoms with Gasteiger partial charge in [-0.25, -0.2) is 0 Å². The van der Waals surface area contributed by atoms with Crippen molar-refractivity contribution in [3.8, 4) is 0 Å². The van der Waals surface area contributed by atoms with E-state index in [1.165, 1.54) is 0 Å². The maximum Gasteiger partial charge on any atom is 0.161 e. The number of ether oxygens (including phenoxy) is 2. The van der Waals surface area contributed by atoms with E-state index >= 15 is 0 Å². The predicted molar refractivity (Wildman–Crippen MR) is 47.5 cm³/mol. The van der Waals surface area contributed by atoms with Crippen LogP contribution in [0.15, 0.2) is 0 Å². The molecule has 1 unspecified atom stereocenters. The van der Waals surface area contributed by atoms with E-state index < -0.39 is 0 Å². The number of rotatable bonds is 5. The van der Waals surface area contributed by atoms with Gasteiger partial charge in [-0.2, -0.15) is 0 Å². The first kappa shape index (κ1) is 9.16. The number of hydrogen-bond acceptors (Lipinski definition) is 3. The molecule has 13 heavy (non-hydrogen) atoms. The molecule has 3 nitrogen and oxygen atoms in total. The van der Waals surface area contributed by atoms with Crippen molar-refractivity contribution < 1.29 is 14.3 Å². The SMILES string of the molecule is O=C(COCC1CCCO1)C1CC1. The Labute approximate surface area is 78.4 Å². The Kier molecular flexibility index (Phi) is 2.96. The molecule has 2 rings (SSSR count). The molecular weight excluding hydrogens is 168 g/mol. The lowest BCUT2D eigenvalue weighted by molar-refractivity contribution is -0.125. The van der Waals surface area contributed by atoms with E-state index in [1.807, 2.05) is 0 Å². The van der Waals surface area contributed by atoms with Gasteiger partial charge in [0, 0.05) is 12.5 Å². The molecule has 0 bridgehead atoms. The Hall–Kier alpha value is -0.410. The molecular formula is C10H16O3. The van der Waals surface area contributed by atoms with Crippen LogP contribution in [0.3, 0.4) is 0 Å². The summed E-state index contributed by atoms with van der Waals surface area (Å²) in [6.07, 6.45) is 4.60. The summed E-state index contributed by atoms with van der Waals surface area (Å²) in [5.41, 5.74) is 0. The van der Waals surface area contributed by atoms with Gasteiger partial charge in [-0.1, -0.05) is 0 Å². The van der Waals surface area contributed by atoms with Gasteiger partial charge in [-0.15, -0.1) is 0 Å². The van der Waals surface area contributed by atoms with Crippen molar-refractivity contribution in [1.29, 1.82) is 0 Å². The van der Waals surface area contributed by atoms with E-state index in [0.29, 0.717) is 19.1 Å². The van der Waals surface area contributed by atoms with Gasteiger partial charge in [0.25, 0.3) is 0 Å². The van der Waals surface area contributed by atoms with Crippen LogP contribution in [0.4, 0.5) is 0 Å². The highest BCUT2D eigenvalue weighted by atomic mass is 16.5. The normalized spacial score (nSPS) is 27.8. The monoisotopic (exact) mass is 184 g/mol. The molecule has 0 aromatic carbocycles. The second-order valence-electron chi connectivity index (χ2n) is 3.89. The first-order valence-corrected chi connectivity index (χ1v) is 5.08. The fourth-order valence-corrected chi connectivity index (χ4v) is 1.59. The predicted octanol–water partition coefficient (Wildman–Crippen LogP) is 1.16. The van der Waals surface area contributed by atoms with Crippen LogP contribution in [0.2, 0.25) is 0 Å². The highest BCUT2D eigenvalue weighted by Gasteiger charge is 2.29. The summed E-state index contributed by atoms with van der Waals surface area (Å²) in [6, 6.07) is 0. The molecule has 1 saturated carbocycles. The van der Waals surface area contributed by atoms with Crippen LogP contribution >= 0.6 is 0 Å². The van der Waals surface area contributed by atoms with Crippen LogP contribution in [-0.2, 0) is 14.3 Å². The minimum Gasteiger partial charge on any atom is -0.376 e. The summed E-state index contributed by atoms with van der Waals surface area (Å²) >= 11 is 0. The van der Waals surface area contributed by atoms with Crippen molar-refractivity contribution >= 4 is 5.78 Å². The summed E-state index contributed by atoms with van der Waals surface area (Å²) in [5.74, 6) is 0.600. The van der Waals surface area contributed by atoms with E-state index in [1.54, 1.807) is 0 Å². The molecule has 1 heterocycles. The first-order chi connectivity index (χ1) is 6.36. The Balaban J connectivity index is 1.54. The van der Waals surface area contributed by atoms with Gasteiger partial charge in [-0.3, -0.25) is 4.79 Å². The Morgan fingerprint density at radius 2 is 2.23 bits per heavy atom. The van der Waals surface area contributed by atoms with E-state index in [0.717, 1.165) is 32.3 Å². The van der Waals surface area contributed by atoms with Crippen LogP contribution in [-0.4, -0.2) is 31.7 Å². The average molecular weight is 184 g/mol. The highest BCUT2D eigenvalue weighted by molar-refractivity contribution is 5.84. The third-order valence-corrected chi connectivity index (χ3v) is 2.60. The summed E-state index contributed by atoms with van der Waals surface area (Å²) in [5, 5.41) is 0. The molecule has 0 aromatic rings. The largest absolute Gasteiger partial charge is 0.376 e. The van der Waals surface area contributed by atoms with E-state index in [4.69, 9.17) is 9.47 Å². The smallest absolute Gasteiger partial charge is 0.161 e. The molecule has 0 aromatic heterocycles. The van der Waals surface area contributed by atoms with Gasteiger partial charge >= 0.3 is 0 Å². The van der Waals surface area contributed by atoms with Crippen LogP contribution in [0, 0.1) is 5.92 Å². The molecule has 0 amide bonds.